The molecular formula is C22H29FN3NaO5. The van der Waals surface area contributed by atoms with Gasteiger partial charge in [-0.25, -0.2) is 9.07 Å². The summed E-state index contributed by atoms with van der Waals surface area (Å²) in [5.41, 5.74) is 2.25. The van der Waals surface area contributed by atoms with Crippen molar-refractivity contribution < 1.29 is 58.9 Å². The number of nitrogens with one attached hydrogen (secondary N) is 1. The first-order chi connectivity index (χ1) is 14.6. The maximum Gasteiger partial charge on any atom is 1.00 e. The van der Waals surface area contributed by atoms with Crippen LogP contribution >= 0.6 is 0 Å². The molecule has 10 heteroatoms. The Kier molecular flexibility index (Phi) is 11.5. The molecule has 3 N–H and O–H groups in total. The largest absolute Gasteiger partial charge is 1.00 e. The Labute approximate surface area is 209 Å². The fourth-order valence-electron chi connectivity index (χ4n) is 3.53. The molecule has 32 heavy (non-hydrogen) atoms. The minimum atomic E-state index is -1.39. The molecule has 2 rings (SSSR count). The number of aromatic nitrogens is 2. The number of carboxylic acids is 1. The van der Waals surface area contributed by atoms with E-state index in [0.29, 0.717) is 24.3 Å². The van der Waals surface area contributed by atoms with Gasteiger partial charge in [-0.2, -0.15) is 5.10 Å². The minimum absolute atomic E-state index is 0. The van der Waals surface area contributed by atoms with Crippen LogP contribution in [-0.4, -0.2) is 50.6 Å². The van der Waals surface area contributed by atoms with Crippen LogP contribution in [0, 0.1) is 5.82 Å². The molecule has 1 aromatic carbocycles. The number of hydrogen-bond acceptors (Lipinski definition) is 6. The van der Waals surface area contributed by atoms with Gasteiger partial charge in [-0.3, -0.25) is 4.79 Å². The average molecular weight is 457 g/mol. The van der Waals surface area contributed by atoms with E-state index in [4.69, 9.17) is 0 Å². The Morgan fingerprint density at radius 2 is 1.81 bits per heavy atom. The Balaban J connectivity index is 0.00000512. The Morgan fingerprint density at radius 1 is 1.19 bits per heavy atom. The SMILES string of the molecule is CCNC(=O)c1nn(-c2ccc(F)cc2)c(CC[C@@H](O)C[C@@H](O)CC(=O)[O-])c1C(C)C.[Na+]. The van der Waals surface area contributed by atoms with Gasteiger partial charge in [0.1, 0.15) is 5.82 Å². The van der Waals surface area contributed by atoms with Gasteiger partial charge in [-0.15, -0.1) is 0 Å². The van der Waals surface area contributed by atoms with Crippen LogP contribution in [0.25, 0.3) is 5.69 Å². The van der Waals surface area contributed by atoms with Crippen LogP contribution in [0.15, 0.2) is 24.3 Å². The van der Waals surface area contributed by atoms with Crippen LogP contribution < -0.4 is 40.0 Å². The van der Waals surface area contributed by atoms with Gasteiger partial charge in [0.2, 0.25) is 0 Å². The molecule has 1 aromatic heterocycles. The molecular weight excluding hydrogens is 428 g/mol. The number of hydrogen-bond donors (Lipinski definition) is 3. The Hall–Kier alpha value is -1.78. The number of carbonyl (C=O) groups excluding carboxylic acids is 2. The normalized spacial score (nSPS) is 12.8. The number of amides is 1. The van der Waals surface area contributed by atoms with Gasteiger partial charge in [0.05, 0.1) is 17.9 Å². The smallest absolute Gasteiger partial charge is 0.550 e. The second kappa shape index (κ2) is 13.1. The number of aliphatic carboxylic acids is 1. The summed E-state index contributed by atoms with van der Waals surface area (Å²) in [6.07, 6.45) is -2.30. The fraction of sp³-hybridized carbons (Fsp3) is 0.500. The number of rotatable bonds is 11. The van der Waals surface area contributed by atoms with Gasteiger partial charge in [-0.1, -0.05) is 13.8 Å². The van der Waals surface area contributed by atoms with E-state index in [9.17, 15) is 29.3 Å². The fourth-order valence-corrected chi connectivity index (χ4v) is 3.53. The van der Waals surface area contributed by atoms with Crippen LogP contribution in [0.5, 0.6) is 0 Å². The second-order valence-corrected chi connectivity index (χ2v) is 7.77. The molecule has 0 bridgehead atoms. The molecule has 1 amide bonds. The van der Waals surface area contributed by atoms with Gasteiger partial charge < -0.3 is 25.4 Å². The molecule has 170 valence electrons. The molecule has 0 aliphatic heterocycles. The molecule has 0 aliphatic carbocycles. The maximum atomic E-state index is 13.4. The zero-order valence-electron chi connectivity index (χ0n) is 19.0. The number of carbonyl (C=O) groups is 2. The van der Waals surface area contributed by atoms with Gasteiger partial charge >= 0.3 is 29.6 Å². The second-order valence-electron chi connectivity index (χ2n) is 7.77. The predicted octanol–water partition coefficient (Wildman–Crippen LogP) is -1.93. The van der Waals surface area contributed by atoms with Crippen molar-refractivity contribution in [3.63, 3.8) is 0 Å². The topological polar surface area (TPSA) is 128 Å². The van der Waals surface area contributed by atoms with Crippen molar-refractivity contribution in [1.29, 1.82) is 0 Å². The van der Waals surface area contributed by atoms with E-state index in [2.05, 4.69) is 10.4 Å². The quantitative estimate of drug-likeness (QED) is 0.338. The van der Waals surface area contributed by atoms with Crippen molar-refractivity contribution in [2.45, 2.75) is 64.6 Å². The van der Waals surface area contributed by atoms with Crippen molar-refractivity contribution in [1.82, 2.24) is 15.1 Å². The van der Waals surface area contributed by atoms with Crippen LogP contribution in [-0.2, 0) is 11.2 Å². The molecule has 0 unspecified atom stereocenters. The summed E-state index contributed by atoms with van der Waals surface area (Å²) in [5, 5.41) is 37.9. The van der Waals surface area contributed by atoms with Crippen LogP contribution in [0.2, 0.25) is 0 Å². The number of carboxylic acid groups (broad SMARTS) is 1. The summed E-state index contributed by atoms with van der Waals surface area (Å²) in [7, 11) is 0. The summed E-state index contributed by atoms with van der Waals surface area (Å²) in [5.74, 6) is -2.16. The molecule has 1 heterocycles. The first-order valence-corrected chi connectivity index (χ1v) is 10.4. The van der Waals surface area contributed by atoms with E-state index in [1.54, 1.807) is 23.7 Å². The zero-order chi connectivity index (χ0) is 23.1. The third-order valence-electron chi connectivity index (χ3n) is 4.88. The molecule has 8 nitrogen and oxygen atoms in total. The molecule has 2 aromatic rings. The third kappa shape index (κ3) is 7.67. The Morgan fingerprint density at radius 3 is 2.34 bits per heavy atom. The van der Waals surface area contributed by atoms with Crippen molar-refractivity contribution in [3.8, 4) is 5.69 Å². The van der Waals surface area contributed by atoms with Crippen molar-refractivity contribution >= 4 is 11.9 Å². The van der Waals surface area contributed by atoms with Crippen molar-refractivity contribution in [2.75, 3.05) is 6.54 Å². The van der Waals surface area contributed by atoms with Crippen LogP contribution in [0.3, 0.4) is 0 Å². The summed E-state index contributed by atoms with van der Waals surface area (Å²) in [4.78, 5) is 23.2. The third-order valence-corrected chi connectivity index (χ3v) is 4.88. The van der Waals surface area contributed by atoms with Gasteiger partial charge in [0, 0.05) is 30.2 Å². The monoisotopic (exact) mass is 457 g/mol. The molecule has 0 aliphatic rings. The van der Waals surface area contributed by atoms with E-state index in [1.807, 2.05) is 13.8 Å². The summed E-state index contributed by atoms with van der Waals surface area (Å²) >= 11 is 0. The molecule has 0 spiro atoms. The number of aliphatic hydroxyl groups excluding tert-OH is 2. The average Bonchev–Trinajstić information content (AvgIpc) is 3.06. The first kappa shape index (κ1) is 28.3. The van der Waals surface area contributed by atoms with E-state index < -0.39 is 30.4 Å². The zero-order valence-corrected chi connectivity index (χ0v) is 21.0. The molecule has 0 saturated carbocycles. The summed E-state index contributed by atoms with van der Waals surface area (Å²) in [6.45, 7) is 6.10. The van der Waals surface area contributed by atoms with Crippen molar-refractivity contribution in [2.24, 2.45) is 0 Å². The van der Waals surface area contributed by atoms with Gasteiger partial charge in [0.15, 0.2) is 5.69 Å². The van der Waals surface area contributed by atoms with Gasteiger partial charge in [0.25, 0.3) is 5.91 Å². The number of nitrogens with zero attached hydrogens (tertiary/aromatic N) is 2. The van der Waals surface area contributed by atoms with Crippen molar-refractivity contribution in [3.05, 3.63) is 47.0 Å². The van der Waals surface area contributed by atoms with E-state index >= 15 is 0 Å². The summed E-state index contributed by atoms with van der Waals surface area (Å²) in [6, 6.07) is 5.70. The molecule has 2 atom stereocenters. The standard InChI is InChI=1S/C22H30FN3O5.Na/c1-4-24-22(31)21-20(13(2)3)18(10-9-16(27)11-17(28)12-19(29)30)26(25-21)15-7-5-14(23)6-8-15;/h5-8,13,16-17,27-28H,4,9-12H2,1-3H3,(H,24,31)(H,29,30);/q;+1/p-1/t16-,17-;/m1./s1. The number of aliphatic hydroxyl groups is 2. The Bertz CT molecular complexity index is 902. The van der Waals surface area contributed by atoms with E-state index in [0.717, 1.165) is 5.56 Å². The van der Waals surface area contributed by atoms with Crippen LogP contribution in [0.1, 0.15) is 67.7 Å². The molecule has 0 saturated heterocycles. The first-order valence-electron chi connectivity index (χ1n) is 10.4. The van der Waals surface area contributed by atoms with Crippen LogP contribution in [0.4, 0.5) is 4.39 Å². The minimum Gasteiger partial charge on any atom is -0.550 e. The number of halogens is 1. The molecule has 0 radical (unpaired) electrons. The number of benzene rings is 1. The van der Waals surface area contributed by atoms with E-state index in [1.165, 1.54) is 12.1 Å². The molecule has 0 fully saturated rings. The maximum absolute atomic E-state index is 13.4. The summed E-state index contributed by atoms with van der Waals surface area (Å²) < 4.78 is 15.0. The predicted molar refractivity (Wildman–Crippen MR) is 110 cm³/mol. The van der Waals surface area contributed by atoms with Gasteiger partial charge in [-0.05, 0) is 56.4 Å². The van der Waals surface area contributed by atoms with E-state index in [-0.39, 0.29) is 59.9 Å².